The largest absolute Gasteiger partial charge is 0.391 e. The van der Waals surface area contributed by atoms with Gasteiger partial charge in [-0.05, 0) is 62.3 Å². The minimum Gasteiger partial charge on any atom is -0.391 e. The Hall–Kier alpha value is -1.26. The minimum absolute atomic E-state index is 0.166. The Bertz CT molecular complexity index is 440. The summed E-state index contributed by atoms with van der Waals surface area (Å²) in [6, 6.07) is 9.02. The second-order valence-electron chi connectivity index (χ2n) is 6.60. The van der Waals surface area contributed by atoms with Crippen LogP contribution in [0, 0.1) is 5.92 Å². The molecule has 1 aliphatic carbocycles. The van der Waals surface area contributed by atoms with Gasteiger partial charge in [-0.3, -0.25) is 0 Å². The summed E-state index contributed by atoms with van der Waals surface area (Å²) in [6.45, 7) is 2.76. The fraction of sp³-hybridized carbons (Fsp3) is 0.647. The maximum absolute atomic E-state index is 9.60. The van der Waals surface area contributed by atoms with Crippen LogP contribution in [0.25, 0.3) is 0 Å². The van der Waals surface area contributed by atoms with E-state index in [1.54, 1.807) is 0 Å². The summed E-state index contributed by atoms with van der Waals surface area (Å²) in [4.78, 5) is 2.25. The van der Waals surface area contributed by atoms with Gasteiger partial charge < -0.3 is 21.1 Å². The summed E-state index contributed by atoms with van der Waals surface area (Å²) < 4.78 is 0. The number of hydrogen-bond acceptors (Lipinski definition) is 4. The maximum Gasteiger partial charge on any atom is 0.0731 e. The number of aliphatic hydroxyl groups excluding tert-OH is 1. The summed E-state index contributed by atoms with van der Waals surface area (Å²) in [7, 11) is 0. The van der Waals surface area contributed by atoms with E-state index in [2.05, 4.69) is 34.5 Å². The molecule has 1 atom stereocenters. The molecule has 1 saturated carbocycles. The molecular weight excluding hydrogens is 262 g/mol. The Balaban J connectivity index is 1.48. The molecule has 1 aliphatic heterocycles. The summed E-state index contributed by atoms with van der Waals surface area (Å²) in [5, 5.41) is 13.1. The number of β-amino-alcohol motifs (C(OH)–C–C–N with tert-alkyl or cyclic N) is 1. The summed E-state index contributed by atoms with van der Waals surface area (Å²) in [5.74, 6) is 0.762. The molecule has 0 aromatic heterocycles. The van der Waals surface area contributed by atoms with E-state index in [4.69, 9.17) is 5.73 Å². The molecule has 0 bridgehead atoms. The van der Waals surface area contributed by atoms with Gasteiger partial charge in [-0.25, -0.2) is 0 Å². The number of hydrogen-bond donors (Lipinski definition) is 3. The number of benzene rings is 1. The highest BCUT2D eigenvalue weighted by atomic mass is 16.3. The van der Waals surface area contributed by atoms with Crippen LogP contribution >= 0.6 is 0 Å². The van der Waals surface area contributed by atoms with Crippen molar-refractivity contribution in [2.75, 3.05) is 29.9 Å². The van der Waals surface area contributed by atoms with E-state index in [0.29, 0.717) is 6.04 Å². The third-order valence-electron chi connectivity index (χ3n) is 4.88. The van der Waals surface area contributed by atoms with Crippen LogP contribution in [0.15, 0.2) is 24.3 Å². The maximum atomic E-state index is 9.60. The average molecular weight is 289 g/mol. The smallest absolute Gasteiger partial charge is 0.0731 e. The fourth-order valence-electron chi connectivity index (χ4n) is 3.42. The van der Waals surface area contributed by atoms with Gasteiger partial charge in [-0.2, -0.15) is 0 Å². The van der Waals surface area contributed by atoms with E-state index in [-0.39, 0.29) is 6.10 Å². The number of aliphatic hydroxyl groups is 1. The first-order valence-corrected chi connectivity index (χ1v) is 8.23. The first-order valence-electron chi connectivity index (χ1n) is 8.23. The summed E-state index contributed by atoms with van der Waals surface area (Å²) in [5.41, 5.74) is 8.34. The Morgan fingerprint density at radius 3 is 2.43 bits per heavy atom. The molecule has 0 amide bonds. The van der Waals surface area contributed by atoms with Crippen molar-refractivity contribution in [2.24, 2.45) is 11.7 Å². The molecule has 2 fully saturated rings. The summed E-state index contributed by atoms with van der Waals surface area (Å²) >= 11 is 0. The number of anilines is 2. The Morgan fingerprint density at radius 2 is 1.81 bits per heavy atom. The Morgan fingerprint density at radius 1 is 1.10 bits per heavy atom. The van der Waals surface area contributed by atoms with E-state index >= 15 is 0 Å². The van der Waals surface area contributed by atoms with E-state index in [1.807, 2.05) is 0 Å². The van der Waals surface area contributed by atoms with Crippen LogP contribution in [0.1, 0.15) is 32.1 Å². The lowest BCUT2D eigenvalue weighted by atomic mass is 9.86. The van der Waals surface area contributed by atoms with Gasteiger partial charge in [0.05, 0.1) is 6.10 Å². The zero-order valence-electron chi connectivity index (χ0n) is 12.7. The molecule has 1 heterocycles. The van der Waals surface area contributed by atoms with Crippen molar-refractivity contribution >= 4 is 11.4 Å². The zero-order valence-corrected chi connectivity index (χ0v) is 12.7. The topological polar surface area (TPSA) is 61.5 Å². The van der Waals surface area contributed by atoms with Crippen molar-refractivity contribution in [1.82, 2.24) is 0 Å². The van der Waals surface area contributed by atoms with E-state index in [1.165, 1.54) is 37.1 Å². The lowest BCUT2D eigenvalue weighted by Gasteiger charge is -2.26. The third-order valence-corrected chi connectivity index (χ3v) is 4.88. The normalized spacial score (nSPS) is 29.6. The van der Waals surface area contributed by atoms with Gasteiger partial charge in [-0.1, -0.05) is 0 Å². The van der Waals surface area contributed by atoms with Crippen LogP contribution in [0.5, 0.6) is 0 Å². The fourth-order valence-corrected chi connectivity index (χ4v) is 3.42. The molecule has 0 spiro atoms. The molecule has 0 radical (unpaired) electrons. The second kappa shape index (κ2) is 6.67. The SMILES string of the molecule is NC1CCC(CNc2ccc(N3CCC(O)C3)cc2)CC1. The van der Waals surface area contributed by atoms with E-state index in [0.717, 1.165) is 32.0 Å². The van der Waals surface area contributed by atoms with Crippen molar-refractivity contribution in [3.05, 3.63) is 24.3 Å². The highest BCUT2D eigenvalue weighted by molar-refractivity contribution is 5.55. The molecule has 1 unspecified atom stereocenters. The van der Waals surface area contributed by atoms with Crippen molar-refractivity contribution in [1.29, 1.82) is 0 Å². The lowest BCUT2D eigenvalue weighted by molar-refractivity contribution is 0.198. The molecule has 21 heavy (non-hydrogen) atoms. The quantitative estimate of drug-likeness (QED) is 0.795. The van der Waals surface area contributed by atoms with Gasteiger partial charge in [0.1, 0.15) is 0 Å². The third kappa shape index (κ3) is 3.89. The number of nitrogens with zero attached hydrogens (tertiary/aromatic N) is 1. The first kappa shape index (κ1) is 14.7. The predicted octanol–water partition coefficient (Wildman–Crippen LogP) is 2.19. The second-order valence-corrected chi connectivity index (χ2v) is 6.60. The Kier molecular flexibility index (Phi) is 4.66. The monoisotopic (exact) mass is 289 g/mol. The Labute approximate surface area is 127 Å². The van der Waals surface area contributed by atoms with Gasteiger partial charge in [0.2, 0.25) is 0 Å². The number of rotatable bonds is 4. The molecule has 3 rings (SSSR count). The number of nitrogens with one attached hydrogen (secondary N) is 1. The number of nitrogens with two attached hydrogens (primary N) is 1. The van der Waals surface area contributed by atoms with Crippen LogP contribution in [0.2, 0.25) is 0 Å². The highest BCUT2D eigenvalue weighted by Crippen LogP contribution is 2.25. The van der Waals surface area contributed by atoms with Crippen molar-refractivity contribution in [3.63, 3.8) is 0 Å². The van der Waals surface area contributed by atoms with E-state index < -0.39 is 0 Å². The predicted molar refractivity (Wildman–Crippen MR) is 87.7 cm³/mol. The molecule has 4 heteroatoms. The molecular formula is C17H27N3O. The van der Waals surface area contributed by atoms with Gasteiger partial charge >= 0.3 is 0 Å². The summed E-state index contributed by atoms with van der Waals surface area (Å²) in [6.07, 6.45) is 5.55. The molecule has 1 aromatic carbocycles. The van der Waals surface area contributed by atoms with E-state index in [9.17, 15) is 5.11 Å². The lowest BCUT2D eigenvalue weighted by Crippen LogP contribution is -2.29. The van der Waals surface area contributed by atoms with Crippen LogP contribution < -0.4 is 16.0 Å². The highest BCUT2D eigenvalue weighted by Gasteiger charge is 2.20. The molecule has 4 N–H and O–H groups in total. The molecule has 116 valence electrons. The average Bonchev–Trinajstić information content (AvgIpc) is 2.94. The first-order chi connectivity index (χ1) is 10.2. The van der Waals surface area contributed by atoms with Crippen molar-refractivity contribution in [2.45, 2.75) is 44.2 Å². The van der Waals surface area contributed by atoms with Crippen molar-refractivity contribution < 1.29 is 5.11 Å². The van der Waals surface area contributed by atoms with Crippen LogP contribution in [-0.4, -0.2) is 36.9 Å². The van der Waals surface area contributed by atoms with Crippen LogP contribution in [-0.2, 0) is 0 Å². The van der Waals surface area contributed by atoms with Crippen LogP contribution in [0.4, 0.5) is 11.4 Å². The molecule has 4 nitrogen and oxygen atoms in total. The minimum atomic E-state index is -0.166. The van der Waals surface area contributed by atoms with Crippen molar-refractivity contribution in [3.8, 4) is 0 Å². The molecule has 2 aliphatic rings. The van der Waals surface area contributed by atoms with Gasteiger partial charge in [0, 0.05) is 37.1 Å². The van der Waals surface area contributed by atoms with Gasteiger partial charge in [-0.15, -0.1) is 0 Å². The molecule has 1 aromatic rings. The standard InChI is InChI=1S/C17H27N3O/c18-14-3-1-13(2-4-14)11-19-15-5-7-16(8-6-15)20-10-9-17(21)12-20/h5-8,13-14,17,19,21H,1-4,9-12,18H2. The molecule has 1 saturated heterocycles. The van der Waals surface area contributed by atoms with Crippen LogP contribution in [0.3, 0.4) is 0 Å². The van der Waals surface area contributed by atoms with Gasteiger partial charge in [0.15, 0.2) is 0 Å². The van der Waals surface area contributed by atoms with Gasteiger partial charge in [0.25, 0.3) is 0 Å². The zero-order chi connectivity index (χ0) is 14.7.